The molecule has 0 radical (unpaired) electrons. The van der Waals surface area contributed by atoms with Gasteiger partial charge in [-0.3, -0.25) is 0 Å². The third kappa shape index (κ3) is 2.03. The molecule has 0 aromatic carbocycles. The standard InChI is InChI=1S/C8H14O4S/c9-8-3-12-2-7(8)1-6-4-13(10,11)5-6/h6-9H,1-5H2. The van der Waals surface area contributed by atoms with E-state index in [1.54, 1.807) is 0 Å². The molecule has 2 aliphatic rings. The number of rotatable bonds is 2. The monoisotopic (exact) mass is 206 g/mol. The second kappa shape index (κ2) is 3.22. The van der Waals surface area contributed by atoms with Crippen LogP contribution in [0.3, 0.4) is 0 Å². The van der Waals surface area contributed by atoms with Crippen LogP contribution in [0.15, 0.2) is 0 Å². The molecule has 2 saturated heterocycles. The van der Waals surface area contributed by atoms with Crippen LogP contribution < -0.4 is 0 Å². The van der Waals surface area contributed by atoms with Gasteiger partial charge in [0.05, 0.1) is 30.8 Å². The Morgan fingerprint density at radius 2 is 2.00 bits per heavy atom. The average molecular weight is 206 g/mol. The van der Waals surface area contributed by atoms with Crippen molar-refractivity contribution in [3.05, 3.63) is 0 Å². The van der Waals surface area contributed by atoms with Gasteiger partial charge in [-0.05, 0) is 12.3 Å². The highest BCUT2D eigenvalue weighted by Gasteiger charge is 2.37. The summed E-state index contributed by atoms with van der Waals surface area (Å²) >= 11 is 0. The van der Waals surface area contributed by atoms with E-state index in [-0.39, 0.29) is 17.9 Å². The van der Waals surface area contributed by atoms with E-state index in [2.05, 4.69) is 0 Å². The van der Waals surface area contributed by atoms with E-state index in [1.807, 2.05) is 0 Å². The van der Waals surface area contributed by atoms with E-state index >= 15 is 0 Å². The normalized spacial score (nSPS) is 38.8. The van der Waals surface area contributed by atoms with Crippen LogP contribution in [0, 0.1) is 11.8 Å². The van der Waals surface area contributed by atoms with E-state index in [1.165, 1.54) is 0 Å². The van der Waals surface area contributed by atoms with Gasteiger partial charge >= 0.3 is 0 Å². The molecule has 5 heteroatoms. The number of hydrogen-bond acceptors (Lipinski definition) is 4. The Balaban J connectivity index is 1.80. The van der Waals surface area contributed by atoms with Crippen LogP contribution in [-0.2, 0) is 14.6 Å². The van der Waals surface area contributed by atoms with E-state index in [0.29, 0.717) is 24.7 Å². The number of sulfone groups is 1. The van der Waals surface area contributed by atoms with Gasteiger partial charge < -0.3 is 9.84 Å². The molecule has 2 heterocycles. The third-order valence-corrected chi connectivity index (χ3v) is 4.74. The minimum absolute atomic E-state index is 0.153. The van der Waals surface area contributed by atoms with Crippen molar-refractivity contribution in [3.8, 4) is 0 Å². The minimum Gasteiger partial charge on any atom is -0.390 e. The van der Waals surface area contributed by atoms with E-state index in [4.69, 9.17) is 4.74 Å². The Labute approximate surface area is 77.8 Å². The molecule has 0 aromatic rings. The van der Waals surface area contributed by atoms with Crippen LogP contribution in [0.1, 0.15) is 6.42 Å². The summed E-state index contributed by atoms with van der Waals surface area (Å²) in [6, 6.07) is 0. The van der Waals surface area contributed by atoms with Crippen LogP contribution in [0.2, 0.25) is 0 Å². The SMILES string of the molecule is O=S1(=O)CC(CC2COCC2O)C1. The fraction of sp³-hybridized carbons (Fsp3) is 1.00. The molecule has 2 fully saturated rings. The van der Waals surface area contributed by atoms with Crippen LogP contribution in [0.5, 0.6) is 0 Å². The molecule has 2 rings (SSSR count). The van der Waals surface area contributed by atoms with Crippen molar-refractivity contribution >= 4 is 9.84 Å². The molecule has 0 bridgehead atoms. The zero-order valence-electron chi connectivity index (χ0n) is 7.35. The summed E-state index contributed by atoms with van der Waals surface area (Å²) in [5.74, 6) is 1.01. The first kappa shape index (κ1) is 9.43. The lowest BCUT2D eigenvalue weighted by atomic mass is 9.94. The molecule has 1 N–H and O–H groups in total. The molecule has 4 nitrogen and oxygen atoms in total. The van der Waals surface area contributed by atoms with Crippen molar-refractivity contribution in [2.75, 3.05) is 24.7 Å². The Bertz CT molecular complexity index is 273. The molecule has 2 atom stereocenters. The number of aliphatic hydroxyl groups is 1. The van der Waals surface area contributed by atoms with Gasteiger partial charge in [-0.25, -0.2) is 8.42 Å². The van der Waals surface area contributed by atoms with Gasteiger partial charge in [0.1, 0.15) is 0 Å². The van der Waals surface area contributed by atoms with Crippen LogP contribution in [0.25, 0.3) is 0 Å². The van der Waals surface area contributed by atoms with Crippen molar-refractivity contribution in [3.63, 3.8) is 0 Å². The van der Waals surface area contributed by atoms with Crippen LogP contribution in [0.4, 0.5) is 0 Å². The fourth-order valence-electron chi connectivity index (χ4n) is 2.05. The van der Waals surface area contributed by atoms with Gasteiger partial charge in [0, 0.05) is 5.92 Å². The van der Waals surface area contributed by atoms with Crippen LogP contribution >= 0.6 is 0 Å². The molecule has 0 spiro atoms. The highest BCUT2D eigenvalue weighted by Crippen LogP contribution is 2.29. The maximum atomic E-state index is 10.9. The Morgan fingerprint density at radius 3 is 2.46 bits per heavy atom. The van der Waals surface area contributed by atoms with Gasteiger partial charge in [0.2, 0.25) is 0 Å². The Hall–Kier alpha value is -0.130. The molecule has 2 aliphatic heterocycles. The number of aliphatic hydroxyl groups excluding tert-OH is 1. The lowest BCUT2D eigenvalue weighted by Gasteiger charge is -2.28. The van der Waals surface area contributed by atoms with Crippen molar-refractivity contribution in [2.45, 2.75) is 12.5 Å². The maximum absolute atomic E-state index is 10.9. The summed E-state index contributed by atoms with van der Waals surface area (Å²) in [7, 11) is -2.71. The van der Waals surface area contributed by atoms with Crippen molar-refractivity contribution in [2.24, 2.45) is 11.8 Å². The predicted octanol–water partition coefficient (Wildman–Crippen LogP) is -0.572. The predicted molar refractivity (Wildman–Crippen MR) is 47.1 cm³/mol. The number of hydrogen-bond donors (Lipinski definition) is 1. The first-order valence-electron chi connectivity index (χ1n) is 4.53. The molecule has 76 valence electrons. The summed E-state index contributed by atoms with van der Waals surface area (Å²) in [4.78, 5) is 0. The third-order valence-electron chi connectivity index (χ3n) is 2.78. The van der Waals surface area contributed by atoms with Crippen molar-refractivity contribution in [1.82, 2.24) is 0 Å². The molecule has 0 amide bonds. The summed E-state index contributed by atoms with van der Waals surface area (Å²) in [6.07, 6.45) is 0.406. The van der Waals surface area contributed by atoms with Gasteiger partial charge in [0.25, 0.3) is 0 Å². The van der Waals surface area contributed by atoms with Gasteiger partial charge in [-0.15, -0.1) is 0 Å². The van der Waals surface area contributed by atoms with Crippen LogP contribution in [-0.4, -0.2) is 44.3 Å². The summed E-state index contributed by atoms with van der Waals surface area (Å²) in [6.45, 7) is 0.988. The molecule has 2 unspecified atom stereocenters. The average Bonchev–Trinajstić information content (AvgIpc) is 2.33. The lowest BCUT2D eigenvalue weighted by molar-refractivity contribution is 0.114. The molecular formula is C8H14O4S. The van der Waals surface area contributed by atoms with Crippen molar-refractivity contribution < 1.29 is 18.3 Å². The zero-order chi connectivity index (χ0) is 9.47. The molecule has 0 saturated carbocycles. The number of ether oxygens (including phenoxy) is 1. The molecule has 0 aliphatic carbocycles. The Morgan fingerprint density at radius 1 is 1.31 bits per heavy atom. The first-order valence-corrected chi connectivity index (χ1v) is 6.35. The summed E-state index contributed by atoms with van der Waals surface area (Å²) < 4.78 is 26.8. The van der Waals surface area contributed by atoms with Gasteiger partial charge in [-0.2, -0.15) is 0 Å². The van der Waals surface area contributed by atoms with E-state index < -0.39 is 9.84 Å². The van der Waals surface area contributed by atoms with Crippen molar-refractivity contribution in [1.29, 1.82) is 0 Å². The molecule has 13 heavy (non-hydrogen) atoms. The lowest BCUT2D eigenvalue weighted by Crippen LogP contribution is -2.38. The fourth-order valence-corrected chi connectivity index (χ4v) is 3.66. The maximum Gasteiger partial charge on any atom is 0.150 e. The quantitative estimate of drug-likeness (QED) is 0.657. The molecular weight excluding hydrogens is 192 g/mol. The highest BCUT2D eigenvalue weighted by atomic mass is 32.2. The van der Waals surface area contributed by atoms with E-state index in [9.17, 15) is 13.5 Å². The van der Waals surface area contributed by atoms with Gasteiger partial charge in [-0.1, -0.05) is 0 Å². The van der Waals surface area contributed by atoms with Gasteiger partial charge in [0.15, 0.2) is 9.84 Å². The Kier molecular flexibility index (Phi) is 2.33. The smallest absolute Gasteiger partial charge is 0.150 e. The largest absolute Gasteiger partial charge is 0.390 e. The molecule has 0 aromatic heterocycles. The second-order valence-electron chi connectivity index (χ2n) is 4.04. The zero-order valence-corrected chi connectivity index (χ0v) is 8.16. The second-order valence-corrected chi connectivity index (χ2v) is 6.20. The first-order chi connectivity index (χ1) is 6.07. The summed E-state index contributed by atoms with van der Waals surface area (Å²) in [5, 5.41) is 9.41. The topological polar surface area (TPSA) is 63.6 Å². The minimum atomic E-state index is -2.71. The summed E-state index contributed by atoms with van der Waals surface area (Å²) in [5.41, 5.74) is 0. The highest BCUT2D eigenvalue weighted by molar-refractivity contribution is 7.92. The van der Waals surface area contributed by atoms with E-state index in [0.717, 1.165) is 6.42 Å².